The summed E-state index contributed by atoms with van der Waals surface area (Å²) in [5.74, 6) is -1.37. The van der Waals surface area contributed by atoms with Gasteiger partial charge in [0.05, 0.1) is 25.6 Å². The first-order valence-electron chi connectivity index (χ1n) is 8.33. The first-order valence-corrected chi connectivity index (χ1v) is 8.71. The number of hydrogen-bond donors (Lipinski definition) is 3. The summed E-state index contributed by atoms with van der Waals surface area (Å²) in [7, 11) is 0. The lowest BCUT2D eigenvalue weighted by molar-refractivity contribution is -0.137. The zero-order valence-electron chi connectivity index (χ0n) is 14.9. The Bertz CT molecular complexity index is 911. The summed E-state index contributed by atoms with van der Waals surface area (Å²) < 4.78 is 1.06. The van der Waals surface area contributed by atoms with Crippen LogP contribution in [0.5, 0.6) is 0 Å². The highest BCUT2D eigenvalue weighted by atomic mass is 35.5. The van der Waals surface area contributed by atoms with Gasteiger partial charge in [0.15, 0.2) is 0 Å². The van der Waals surface area contributed by atoms with Crippen LogP contribution in [0.25, 0.3) is 0 Å². The van der Waals surface area contributed by atoms with Crippen LogP contribution in [0.3, 0.4) is 0 Å². The predicted octanol–water partition coefficient (Wildman–Crippen LogP) is 0.997. The van der Waals surface area contributed by atoms with E-state index in [4.69, 9.17) is 22.4 Å². The van der Waals surface area contributed by atoms with Gasteiger partial charge in [-0.05, 0) is 35.7 Å². The van der Waals surface area contributed by atoms with Crippen LogP contribution in [0.4, 0.5) is 0 Å². The summed E-state index contributed by atoms with van der Waals surface area (Å²) >= 11 is 5.98. The molecular formula is C18H21ClN4O4. The van der Waals surface area contributed by atoms with E-state index >= 15 is 0 Å². The molecule has 27 heavy (non-hydrogen) atoms. The number of amides is 1. The fourth-order valence-corrected chi connectivity index (χ4v) is 2.76. The Morgan fingerprint density at radius 2 is 2.07 bits per heavy atom. The molecule has 0 spiro atoms. The highest BCUT2D eigenvalue weighted by Crippen LogP contribution is 2.15. The van der Waals surface area contributed by atoms with Crippen LogP contribution in [-0.4, -0.2) is 26.8 Å². The van der Waals surface area contributed by atoms with Gasteiger partial charge in [-0.3, -0.25) is 14.4 Å². The van der Waals surface area contributed by atoms with Gasteiger partial charge in [-0.25, -0.2) is 4.68 Å². The second-order valence-corrected chi connectivity index (χ2v) is 6.49. The summed E-state index contributed by atoms with van der Waals surface area (Å²) in [4.78, 5) is 35.4. The highest BCUT2D eigenvalue weighted by molar-refractivity contribution is 6.30. The van der Waals surface area contributed by atoms with Crippen molar-refractivity contribution < 1.29 is 14.7 Å². The zero-order valence-corrected chi connectivity index (χ0v) is 15.6. The number of carboxylic acids is 1. The number of nitrogens with one attached hydrogen (secondary N) is 1. The third kappa shape index (κ3) is 5.63. The Morgan fingerprint density at radius 3 is 2.74 bits per heavy atom. The minimum absolute atomic E-state index is 0.0502. The van der Waals surface area contributed by atoms with Gasteiger partial charge < -0.3 is 16.2 Å². The summed E-state index contributed by atoms with van der Waals surface area (Å²) in [5.41, 5.74) is 7.77. The molecule has 2 rings (SSSR count). The van der Waals surface area contributed by atoms with Crippen LogP contribution in [0, 0.1) is 6.92 Å². The molecule has 0 atom stereocenters. The smallest absolute Gasteiger partial charge is 0.305 e. The number of halogens is 1. The lowest BCUT2D eigenvalue weighted by atomic mass is 10.1. The molecule has 0 fully saturated rings. The second-order valence-electron chi connectivity index (χ2n) is 6.05. The number of nitrogens with zero attached hydrogens (tertiary/aromatic N) is 2. The average molecular weight is 393 g/mol. The van der Waals surface area contributed by atoms with Crippen LogP contribution in [0.1, 0.15) is 28.7 Å². The maximum absolute atomic E-state index is 12.5. The molecule has 1 aromatic carbocycles. The van der Waals surface area contributed by atoms with Crippen molar-refractivity contribution in [2.75, 3.05) is 0 Å². The van der Waals surface area contributed by atoms with Gasteiger partial charge in [0, 0.05) is 23.7 Å². The standard InChI is InChI=1S/C18H21ClN4O4/c1-11-9-22-23(5-4-17(25)26)18(27)15(11)7-16(24)21-10-13-6-14(19)3-2-12(13)8-20/h2-3,6,9H,4-5,7-8,10,20H2,1H3,(H,21,24)(H,25,26). The van der Waals surface area contributed by atoms with E-state index in [0.717, 1.165) is 15.8 Å². The first-order chi connectivity index (χ1) is 12.8. The van der Waals surface area contributed by atoms with E-state index in [0.29, 0.717) is 17.1 Å². The summed E-state index contributed by atoms with van der Waals surface area (Å²) in [6, 6.07) is 5.27. The van der Waals surface area contributed by atoms with E-state index in [2.05, 4.69) is 10.4 Å². The largest absolute Gasteiger partial charge is 0.481 e. The van der Waals surface area contributed by atoms with Gasteiger partial charge in [0.25, 0.3) is 5.56 Å². The summed E-state index contributed by atoms with van der Waals surface area (Å²) in [5, 5.41) is 16.0. The monoisotopic (exact) mass is 392 g/mol. The quantitative estimate of drug-likeness (QED) is 0.615. The Balaban J connectivity index is 2.09. The van der Waals surface area contributed by atoms with Gasteiger partial charge in [-0.15, -0.1) is 0 Å². The minimum Gasteiger partial charge on any atom is -0.481 e. The number of nitrogens with two attached hydrogens (primary N) is 1. The molecule has 2 aromatic rings. The van der Waals surface area contributed by atoms with Crippen molar-refractivity contribution in [3.63, 3.8) is 0 Å². The van der Waals surface area contributed by atoms with Gasteiger partial charge in [-0.1, -0.05) is 17.7 Å². The lowest BCUT2D eigenvalue weighted by Crippen LogP contribution is -2.32. The van der Waals surface area contributed by atoms with Gasteiger partial charge in [0.1, 0.15) is 0 Å². The molecule has 0 bridgehead atoms. The molecule has 0 radical (unpaired) electrons. The zero-order chi connectivity index (χ0) is 20.0. The molecule has 0 saturated heterocycles. The van der Waals surface area contributed by atoms with Crippen LogP contribution in [-0.2, 0) is 35.6 Å². The van der Waals surface area contributed by atoms with Crippen molar-refractivity contribution in [3.8, 4) is 0 Å². The first kappa shape index (κ1) is 20.6. The number of aromatic nitrogens is 2. The van der Waals surface area contributed by atoms with Crippen LogP contribution in [0.2, 0.25) is 5.02 Å². The van der Waals surface area contributed by atoms with Crippen molar-refractivity contribution in [1.29, 1.82) is 0 Å². The Labute approximate surface area is 160 Å². The lowest BCUT2D eigenvalue weighted by Gasteiger charge is -2.11. The fraction of sp³-hybridized carbons (Fsp3) is 0.333. The normalized spacial score (nSPS) is 10.6. The summed E-state index contributed by atoms with van der Waals surface area (Å²) in [6.07, 6.45) is 1.10. The number of carbonyl (C=O) groups is 2. The van der Waals surface area contributed by atoms with Crippen molar-refractivity contribution in [2.24, 2.45) is 5.73 Å². The molecule has 0 aliphatic carbocycles. The molecule has 1 amide bonds. The topological polar surface area (TPSA) is 127 Å². The Hall–Kier alpha value is -2.71. The van der Waals surface area contributed by atoms with E-state index in [1.807, 2.05) is 0 Å². The molecule has 0 saturated carbocycles. The van der Waals surface area contributed by atoms with E-state index in [9.17, 15) is 14.4 Å². The number of aryl methyl sites for hydroxylation is 2. The number of benzene rings is 1. The molecule has 0 aliphatic rings. The van der Waals surface area contributed by atoms with E-state index in [-0.39, 0.29) is 37.4 Å². The molecule has 1 aromatic heterocycles. The van der Waals surface area contributed by atoms with Crippen molar-refractivity contribution in [3.05, 3.63) is 62.0 Å². The number of rotatable bonds is 8. The van der Waals surface area contributed by atoms with Gasteiger partial charge >= 0.3 is 5.97 Å². The molecule has 8 nitrogen and oxygen atoms in total. The third-order valence-corrected chi connectivity index (χ3v) is 4.33. The average Bonchev–Trinajstić information content (AvgIpc) is 2.62. The molecule has 1 heterocycles. The maximum atomic E-state index is 12.5. The minimum atomic E-state index is -1.03. The van der Waals surface area contributed by atoms with E-state index < -0.39 is 11.5 Å². The predicted molar refractivity (Wildman–Crippen MR) is 100 cm³/mol. The number of carboxylic acid groups (broad SMARTS) is 1. The molecule has 4 N–H and O–H groups in total. The molecule has 0 unspecified atom stereocenters. The van der Waals surface area contributed by atoms with Gasteiger partial charge in [0.2, 0.25) is 5.91 Å². The van der Waals surface area contributed by atoms with Crippen LogP contribution < -0.4 is 16.6 Å². The van der Waals surface area contributed by atoms with Crippen LogP contribution in [0.15, 0.2) is 29.2 Å². The van der Waals surface area contributed by atoms with E-state index in [1.165, 1.54) is 6.20 Å². The number of carbonyl (C=O) groups excluding carboxylic acids is 1. The maximum Gasteiger partial charge on any atom is 0.305 e. The third-order valence-electron chi connectivity index (χ3n) is 4.10. The molecule has 144 valence electrons. The van der Waals surface area contributed by atoms with E-state index in [1.54, 1.807) is 25.1 Å². The van der Waals surface area contributed by atoms with Crippen LogP contribution >= 0.6 is 11.6 Å². The molecule has 0 aliphatic heterocycles. The summed E-state index contributed by atoms with van der Waals surface area (Å²) in [6.45, 7) is 2.19. The SMILES string of the molecule is Cc1cnn(CCC(=O)O)c(=O)c1CC(=O)NCc1cc(Cl)ccc1CN. The Morgan fingerprint density at radius 1 is 1.33 bits per heavy atom. The second kappa shape index (κ2) is 9.29. The number of aliphatic carboxylic acids is 1. The van der Waals surface area contributed by atoms with Crippen molar-refractivity contribution >= 4 is 23.5 Å². The van der Waals surface area contributed by atoms with Gasteiger partial charge in [-0.2, -0.15) is 5.10 Å². The highest BCUT2D eigenvalue weighted by Gasteiger charge is 2.14. The van der Waals surface area contributed by atoms with Crippen molar-refractivity contribution in [1.82, 2.24) is 15.1 Å². The molecule has 9 heteroatoms. The number of hydrogen-bond acceptors (Lipinski definition) is 5. The van der Waals surface area contributed by atoms with Crippen molar-refractivity contribution in [2.45, 2.75) is 39.4 Å². The molecular weight excluding hydrogens is 372 g/mol. The Kier molecular flexibility index (Phi) is 7.09. The fourth-order valence-electron chi connectivity index (χ4n) is 2.56.